The molecule has 12 heteroatoms. The van der Waals surface area contributed by atoms with Crippen molar-refractivity contribution < 1.29 is 27.8 Å². The van der Waals surface area contributed by atoms with E-state index in [-0.39, 0.29) is 44.7 Å². The third-order valence-corrected chi connectivity index (χ3v) is 6.30. The number of aryl methyl sites for hydroxylation is 1. The molecule has 0 saturated carbocycles. The Kier molecular flexibility index (Phi) is 12.6. The molecule has 0 aliphatic rings. The number of methoxy groups -OCH3 is 1. The predicted molar refractivity (Wildman–Crippen MR) is 148 cm³/mol. The van der Waals surface area contributed by atoms with Gasteiger partial charge in [0.1, 0.15) is 5.60 Å². The van der Waals surface area contributed by atoms with E-state index < -0.39 is 39.3 Å². The smallest absolute Gasteiger partial charge is 0.338 e. The van der Waals surface area contributed by atoms with Gasteiger partial charge in [-0.05, 0) is 60.6 Å². The topological polar surface area (TPSA) is 108 Å². The molecule has 1 N–H and O–H groups in total. The van der Waals surface area contributed by atoms with Crippen LogP contribution in [0.15, 0.2) is 22.7 Å². The molecule has 0 unspecified atom stereocenters. The van der Waals surface area contributed by atoms with Gasteiger partial charge in [0.2, 0.25) is 0 Å². The van der Waals surface area contributed by atoms with E-state index in [9.17, 15) is 13.8 Å². The molecule has 2 rings (SSSR count). The van der Waals surface area contributed by atoms with Crippen LogP contribution in [0.1, 0.15) is 75.8 Å². The first-order chi connectivity index (χ1) is 15.1. The van der Waals surface area contributed by atoms with Gasteiger partial charge in [0.15, 0.2) is 5.76 Å². The summed E-state index contributed by atoms with van der Waals surface area (Å²) < 4.78 is 31.3. The number of carbonyl (C=O) groups excluding carboxylic acids is 2. The van der Waals surface area contributed by atoms with Gasteiger partial charge in [-0.15, -0.1) is 0 Å². The molecule has 0 amide bonds. The van der Waals surface area contributed by atoms with Crippen molar-refractivity contribution in [1.29, 1.82) is 0 Å². The Bertz CT molecular complexity index is 1060. The lowest BCUT2D eigenvalue weighted by Gasteiger charge is -2.25. The van der Waals surface area contributed by atoms with Crippen LogP contribution in [0.4, 0.5) is 0 Å². The third-order valence-electron chi connectivity index (χ3n) is 4.46. The zero-order chi connectivity index (χ0) is 25.1. The number of hydrogen-bond donors (Lipinski definition) is 1. The molecule has 1 heterocycles. The van der Waals surface area contributed by atoms with Crippen molar-refractivity contribution in [3.05, 3.63) is 40.2 Å². The van der Waals surface area contributed by atoms with Crippen LogP contribution in [0.3, 0.4) is 0 Å². The number of halogens is 1. The fraction of sp³-hybridized carbons (Fsp3) is 0.522. The van der Waals surface area contributed by atoms with Gasteiger partial charge in [0, 0.05) is 10.6 Å². The molecule has 0 aliphatic carbocycles. The van der Waals surface area contributed by atoms with Crippen molar-refractivity contribution in [1.82, 2.24) is 9.88 Å². The summed E-state index contributed by atoms with van der Waals surface area (Å²) in [5, 5.41) is 4.42. The first kappa shape index (κ1) is 33.5. The summed E-state index contributed by atoms with van der Waals surface area (Å²) in [6.45, 7) is 12.4. The van der Waals surface area contributed by atoms with Crippen LogP contribution in [-0.4, -0.2) is 38.8 Å². The van der Waals surface area contributed by atoms with Crippen molar-refractivity contribution in [2.24, 2.45) is 0 Å². The minimum absolute atomic E-state index is 0. The summed E-state index contributed by atoms with van der Waals surface area (Å²) in [5.74, 6) is -0.840. The van der Waals surface area contributed by atoms with E-state index in [1.54, 1.807) is 39.8 Å². The summed E-state index contributed by atoms with van der Waals surface area (Å²) in [6.07, 6.45) is -0.165. The Labute approximate surface area is 228 Å². The van der Waals surface area contributed by atoms with Crippen LogP contribution < -0.4 is 4.72 Å². The van der Waals surface area contributed by atoms with E-state index in [4.69, 9.17) is 25.6 Å². The Morgan fingerprint density at radius 1 is 1.17 bits per heavy atom. The average molecular weight is 567 g/mol. The molecular weight excluding hydrogens is 532 g/mol. The molecule has 0 fully saturated rings. The third kappa shape index (κ3) is 9.13. The maximum absolute atomic E-state index is 12.9. The summed E-state index contributed by atoms with van der Waals surface area (Å²) >= 11 is 6.11. The SMILES string of the molecule is COC(=O)c1cc(Cl)ccc1-c1c(C)noc1[C@@H](CC(=O)OC(C)(C)C)N[S@@](=O)C(C)(C)C.S.S. The predicted octanol–water partition coefficient (Wildman–Crippen LogP) is 5.14. The van der Waals surface area contributed by atoms with E-state index in [1.165, 1.54) is 13.2 Å². The van der Waals surface area contributed by atoms with Gasteiger partial charge < -0.3 is 14.0 Å². The molecule has 2 atom stereocenters. The van der Waals surface area contributed by atoms with Gasteiger partial charge in [-0.25, -0.2) is 13.7 Å². The maximum Gasteiger partial charge on any atom is 0.338 e. The second kappa shape index (κ2) is 13.1. The van der Waals surface area contributed by atoms with Gasteiger partial charge in [0.05, 0.1) is 52.1 Å². The fourth-order valence-electron chi connectivity index (χ4n) is 3.01. The normalized spacial score (nSPS) is 13.2. The number of aromatic nitrogens is 1. The molecule has 0 spiro atoms. The largest absolute Gasteiger partial charge is 0.465 e. The van der Waals surface area contributed by atoms with E-state index in [0.717, 1.165) is 0 Å². The first-order valence-electron chi connectivity index (χ1n) is 10.4. The Morgan fingerprint density at radius 2 is 1.77 bits per heavy atom. The van der Waals surface area contributed by atoms with Crippen molar-refractivity contribution in [2.75, 3.05) is 7.11 Å². The summed E-state index contributed by atoms with van der Waals surface area (Å²) in [7, 11) is -0.269. The second-order valence-corrected chi connectivity index (χ2v) is 12.0. The lowest BCUT2D eigenvalue weighted by atomic mass is 9.95. The number of nitrogens with zero attached hydrogens (tertiary/aromatic N) is 1. The number of hydrogen-bond acceptors (Lipinski definition) is 7. The van der Waals surface area contributed by atoms with E-state index in [0.29, 0.717) is 21.8 Å². The van der Waals surface area contributed by atoms with E-state index in [1.807, 2.05) is 20.8 Å². The molecule has 0 saturated heterocycles. The van der Waals surface area contributed by atoms with Gasteiger partial charge >= 0.3 is 11.9 Å². The van der Waals surface area contributed by atoms with Crippen molar-refractivity contribution in [3.63, 3.8) is 0 Å². The highest BCUT2D eigenvalue weighted by Gasteiger charge is 2.33. The minimum atomic E-state index is -1.54. The lowest BCUT2D eigenvalue weighted by Crippen LogP contribution is -2.37. The van der Waals surface area contributed by atoms with Crippen LogP contribution >= 0.6 is 38.6 Å². The number of carbonyl (C=O) groups is 2. The van der Waals surface area contributed by atoms with Gasteiger partial charge in [-0.1, -0.05) is 22.8 Å². The molecule has 0 bridgehead atoms. The monoisotopic (exact) mass is 566 g/mol. The second-order valence-electron chi connectivity index (χ2n) is 9.53. The highest BCUT2D eigenvalue weighted by molar-refractivity contribution is 7.84. The summed E-state index contributed by atoms with van der Waals surface area (Å²) in [6, 6.07) is 3.94. The first-order valence-corrected chi connectivity index (χ1v) is 11.9. The lowest BCUT2D eigenvalue weighted by molar-refractivity contribution is -0.155. The average Bonchev–Trinajstić information content (AvgIpc) is 3.05. The standard InChI is InChI=1S/C23H31ClN2O6S.2H2S/c1-13-19(15-10-9-14(24)11-16(15)21(28)30-8)20(32-25-13)17(26-33(29)23(5,6)7)12-18(27)31-22(2,3)4;;/h9-11,17,26H,12H2,1-8H3;2*1H2/t17-,33+;;/m1../s1. The molecule has 35 heavy (non-hydrogen) atoms. The van der Waals surface area contributed by atoms with Crippen LogP contribution in [0, 0.1) is 6.92 Å². The Hall–Kier alpha value is -1.53. The van der Waals surface area contributed by atoms with Crippen LogP contribution in [0.5, 0.6) is 0 Å². The van der Waals surface area contributed by atoms with E-state index >= 15 is 0 Å². The number of esters is 2. The highest BCUT2D eigenvalue weighted by Crippen LogP contribution is 2.37. The quantitative estimate of drug-likeness (QED) is 0.462. The van der Waals surface area contributed by atoms with Crippen LogP contribution in [-0.2, 0) is 25.3 Å². The van der Waals surface area contributed by atoms with Gasteiger partial charge in [0.25, 0.3) is 0 Å². The van der Waals surface area contributed by atoms with Crippen molar-refractivity contribution >= 4 is 61.5 Å². The maximum atomic E-state index is 12.9. The van der Waals surface area contributed by atoms with Crippen molar-refractivity contribution in [3.8, 4) is 11.1 Å². The summed E-state index contributed by atoms with van der Waals surface area (Å²) in [4.78, 5) is 25.1. The molecule has 2 aromatic rings. The highest BCUT2D eigenvalue weighted by atomic mass is 35.5. The minimum Gasteiger partial charge on any atom is -0.465 e. The van der Waals surface area contributed by atoms with Gasteiger partial charge in [-0.3, -0.25) is 4.79 Å². The Balaban J connectivity index is 0.00000578. The number of rotatable bonds is 7. The number of benzene rings is 1. The number of ether oxygens (including phenoxy) is 2. The molecule has 1 aromatic heterocycles. The zero-order valence-corrected chi connectivity index (χ0v) is 24.8. The molecule has 1 aromatic carbocycles. The fourth-order valence-corrected chi connectivity index (χ4v) is 3.98. The molecular formula is C23H35ClN2O6S3. The molecule has 0 aliphatic heterocycles. The molecule has 0 radical (unpaired) electrons. The molecule has 8 nitrogen and oxygen atoms in total. The van der Waals surface area contributed by atoms with Crippen LogP contribution in [0.2, 0.25) is 5.02 Å². The van der Waals surface area contributed by atoms with Crippen molar-refractivity contribution in [2.45, 2.75) is 71.3 Å². The van der Waals surface area contributed by atoms with E-state index in [2.05, 4.69) is 9.88 Å². The number of nitrogens with one attached hydrogen (secondary N) is 1. The molecule has 198 valence electrons. The Morgan fingerprint density at radius 3 is 2.29 bits per heavy atom. The van der Waals surface area contributed by atoms with Gasteiger partial charge in [-0.2, -0.15) is 27.0 Å². The summed E-state index contributed by atoms with van der Waals surface area (Å²) in [5.41, 5.74) is 0.955. The zero-order valence-electron chi connectivity index (χ0n) is 21.2. The van der Waals surface area contributed by atoms with Crippen LogP contribution in [0.25, 0.3) is 11.1 Å².